The van der Waals surface area contributed by atoms with Crippen LogP contribution in [0.2, 0.25) is 10.0 Å². The lowest BCUT2D eigenvalue weighted by Gasteiger charge is -2.39. The van der Waals surface area contributed by atoms with E-state index in [0.717, 1.165) is 60.7 Å². The van der Waals surface area contributed by atoms with Crippen LogP contribution in [0, 0.1) is 0 Å². The molecule has 11 nitrogen and oxygen atoms in total. The minimum absolute atomic E-state index is 0.141. The van der Waals surface area contributed by atoms with Crippen LogP contribution in [0.4, 0.5) is 16.2 Å². The number of benzene rings is 2. The summed E-state index contributed by atoms with van der Waals surface area (Å²) in [5.41, 5.74) is 4.11. The number of carbonyl (C=O) groups is 2. The van der Waals surface area contributed by atoms with Crippen molar-refractivity contribution in [3.05, 3.63) is 57.6 Å². The Morgan fingerprint density at radius 3 is 2.35 bits per heavy atom. The molecule has 1 saturated carbocycles. The fourth-order valence-corrected chi connectivity index (χ4v) is 9.38. The zero-order chi connectivity index (χ0) is 33.8. The standard InChI is InChI=1S/C33H45Cl2N6O5PS/c34-27-19-25(20-39-23-48-21-31(39)32(42)41-17-16-40(26-9-10-26)29-7-3-4-8-30(29)41)28(35)18-24(27)6-2-1-5-11-36-33(43)38-14-12-37(13-15-38)22-47(44,45)46/h3-4,7-8,18-19,26,31H,1-2,5-6,9-17,20-23H2,(H,36,43)(H2,44,45,46)/t31-/m0/s1. The Morgan fingerprint density at radius 2 is 1.62 bits per heavy atom. The number of urea groups is 1. The molecule has 15 heteroatoms. The molecule has 6 rings (SSSR count). The first-order valence-corrected chi connectivity index (χ1v) is 20.5. The monoisotopic (exact) mass is 738 g/mol. The molecule has 0 bridgehead atoms. The molecular formula is C33H45Cl2N6O5PS. The van der Waals surface area contributed by atoms with E-state index >= 15 is 0 Å². The van der Waals surface area contributed by atoms with Crippen molar-refractivity contribution in [1.82, 2.24) is 20.0 Å². The maximum Gasteiger partial charge on any atom is 0.339 e. The van der Waals surface area contributed by atoms with Gasteiger partial charge >= 0.3 is 13.6 Å². The van der Waals surface area contributed by atoms with Crippen molar-refractivity contribution in [2.24, 2.45) is 0 Å². The Hall–Kier alpha value is -2.02. The minimum atomic E-state index is -4.09. The molecule has 0 radical (unpaired) electrons. The summed E-state index contributed by atoms with van der Waals surface area (Å²) in [7, 11) is -4.09. The third-order valence-corrected chi connectivity index (χ3v) is 12.1. The molecule has 0 aromatic heterocycles. The van der Waals surface area contributed by atoms with Gasteiger partial charge in [0.1, 0.15) is 6.29 Å². The second-order valence-electron chi connectivity index (χ2n) is 13.2. The number of amides is 3. The number of carbonyl (C=O) groups excluding carboxylic acids is 2. The third kappa shape index (κ3) is 9.01. The van der Waals surface area contributed by atoms with Gasteiger partial charge in [0.05, 0.1) is 17.4 Å². The molecule has 0 unspecified atom stereocenters. The lowest BCUT2D eigenvalue weighted by molar-refractivity contribution is -0.122. The number of halogens is 2. The van der Waals surface area contributed by atoms with E-state index in [9.17, 15) is 14.2 Å². The first-order valence-electron chi connectivity index (χ1n) is 16.8. The summed E-state index contributed by atoms with van der Waals surface area (Å²) < 4.78 is 11.2. The van der Waals surface area contributed by atoms with E-state index in [4.69, 9.17) is 33.0 Å². The van der Waals surface area contributed by atoms with Crippen molar-refractivity contribution in [3.8, 4) is 0 Å². The van der Waals surface area contributed by atoms with Crippen LogP contribution in [0.5, 0.6) is 0 Å². The van der Waals surface area contributed by atoms with Gasteiger partial charge in [-0.15, -0.1) is 11.8 Å². The van der Waals surface area contributed by atoms with E-state index in [-0.39, 0.29) is 24.3 Å². The van der Waals surface area contributed by atoms with Crippen LogP contribution in [0.15, 0.2) is 36.4 Å². The number of aryl methyl sites for hydroxylation is 1. The molecule has 1 aliphatic carbocycles. The van der Waals surface area contributed by atoms with Crippen molar-refractivity contribution in [2.75, 3.05) is 73.5 Å². The quantitative estimate of drug-likeness (QED) is 0.203. The highest BCUT2D eigenvalue weighted by Gasteiger charge is 2.40. The number of nitrogens with one attached hydrogen (secondary N) is 1. The molecule has 0 spiro atoms. The van der Waals surface area contributed by atoms with Gasteiger partial charge < -0.3 is 29.8 Å². The number of unbranched alkanes of at least 4 members (excludes halogenated alkanes) is 2. The van der Waals surface area contributed by atoms with Crippen molar-refractivity contribution in [3.63, 3.8) is 0 Å². The van der Waals surface area contributed by atoms with Crippen molar-refractivity contribution >= 4 is 65.9 Å². The first kappa shape index (κ1) is 35.8. The summed E-state index contributed by atoms with van der Waals surface area (Å²) in [6.07, 6.45) is 5.61. The number of thioether (sulfide) groups is 1. The summed E-state index contributed by atoms with van der Waals surface area (Å²) in [5, 5.41) is 4.30. The van der Waals surface area contributed by atoms with Gasteiger partial charge in [0, 0.05) is 80.1 Å². The van der Waals surface area contributed by atoms with Gasteiger partial charge in [-0.2, -0.15) is 0 Å². The van der Waals surface area contributed by atoms with Crippen LogP contribution in [0.3, 0.4) is 0 Å². The van der Waals surface area contributed by atoms with Gasteiger partial charge in [0.15, 0.2) is 0 Å². The number of para-hydroxylation sites is 2. The second-order valence-corrected chi connectivity index (χ2v) is 16.6. The molecule has 3 fully saturated rings. The number of hydrogen-bond acceptors (Lipinski definition) is 7. The van der Waals surface area contributed by atoms with Gasteiger partial charge in [-0.25, -0.2) is 4.79 Å². The molecule has 3 N–H and O–H groups in total. The lowest BCUT2D eigenvalue weighted by atomic mass is 10.0. The molecule has 2 aromatic rings. The van der Waals surface area contributed by atoms with Crippen LogP contribution in [-0.4, -0.2) is 112 Å². The number of nitrogens with zero attached hydrogens (tertiary/aromatic N) is 5. The number of rotatable bonds is 12. The van der Waals surface area contributed by atoms with Crippen LogP contribution in [0.25, 0.3) is 0 Å². The molecule has 48 heavy (non-hydrogen) atoms. The number of hydrogen-bond donors (Lipinski definition) is 3. The predicted octanol–water partition coefficient (Wildman–Crippen LogP) is 5.06. The summed E-state index contributed by atoms with van der Waals surface area (Å²) in [4.78, 5) is 54.8. The summed E-state index contributed by atoms with van der Waals surface area (Å²) in [5.74, 6) is 1.67. The maximum absolute atomic E-state index is 14.0. The zero-order valence-corrected chi connectivity index (χ0v) is 30.3. The summed E-state index contributed by atoms with van der Waals surface area (Å²) in [6.45, 7) is 4.48. The Morgan fingerprint density at radius 1 is 0.917 bits per heavy atom. The predicted molar refractivity (Wildman–Crippen MR) is 193 cm³/mol. The molecule has 2 saturated heterocycles. The van der Waals surface area contributed by atoms with E-state index in [1.807, 2.05) is 23.1 Å². The summed E-state index contributed by atoms with van der Waals surface area (Å²) in [6, 6.07) is 12.5. The largest absolute Gasteiger partial charge is 0.365 e. The van der Waals surface area contributed by atoms with Gasteiger partial charge in [-0.1, -0.05) is 41.8 Å². The van der Waals surface area contributed by atoms with Gasteiger partial charge in [0.25, 0.3) is 0 Å². The Kier molecular flexibility index (Phi) is 11.9. The van der Waals surface area contributed by atoms with E-state index in [0.29, 0.717) is 61.9 Å². The van der Waals surface area contributed by atoms with Gasteiger partial charge in [-0.05, 0) is 67.5 Å². The molecule has 262 valence electrons. The van der Waals surface area contributed by atoms with Gasteiger partial charge in [0.2, 0.25) is 5.91 Å². The zero-order valence-electron chi connectivity index (χ0n) is 27.1. The average molecular weight is 740 g/mol. The highest BCUT2D eigenvalue weighted by molar-refractivity contribution is 7.99. The van der Waals surface area contributed by atoms with Crippen molar-refractivity contribution in [2.45, 2.75) is 57.2 Å². The molecule has 1 atom stereocenters. The molecule has 3 heterocycles. The van der Waals surface area contributed by atoms with E-state index in [1.54, 1.807) is 21.6 Å². The lowest BCUT2D eigenvalue weighted by Crippen LogP contribution is -2.52. The SMILES string of the molecule is O=C(NCCCCCc1cc(Cl)c(CN2CSC[C@H]2C(=O)N2CCN(C3CC3)c3ccccc32)cc1Cl)N1CCN(CP(=O)(O)O)CC1. The van der Waals surface area contributed by atoms with Crippen LogP contribution in [0.1, 0.15) is 43.2 Å². The Labute approximate surface area is 297 Å². The highest BCUT2D eigenvalue weighted by Crippen LogP contribution is 2.41. The fraction of sp³-hybridized carbons (Fsp3) is 0.576. The summed E-state index contributed by atoms with van der Waals surface area (Å²) >= 11 is 15.3. The van der Waals surface area contributed by atoms with E-state index in [2.05, 4.69) is 33.3 Å². The molecule has 4 aliphatic rings. The minimum Gasteiger partial charge on any atom is -0.365 e. The molecule has 2 aromatic carbocycles. The molecule has 3 aliphatic heterocycles. The molecule has 3 amide bonds. The average Bonchev–Trinajstić information content (AvgIpc) is 3.80. The van der Waals surface area contributed by atoms with Crippen molar-refractivity contribution in [1.29, 1.82) is 0 Å². The first-order chi connectivity index (χ1) is 23.1. The topological polar surface area (TPSA) is 120 Å². The van der Waals surface area contributed by atoms with Crippen LogP contribution >= 0.6 is 42.6 Å². The second kappa shape index (κ2) is 15.9. The van der Waals surface area contributed by atoms with E-state index in [1.165, 1.54) is 18.5 Å². The normalized spacial score (nSPS) is 20.7. The number of piperazine rings is 1. The van der Waals surface area contributed by atoms with Gasteiger partial charge in [-0.3, -0.25) is 19.2 Å². The Bertz CT molecular complexity index is 1520. The highest BCUT2D eigenvalue weighted by atomic mass is 35.5. The maximum atomic E-state index is 14.0. The molecular weight excluding hydrogens is 694 g/mol. The Balaban J connectivity index is 0.948. The smallest absolute Gasteiger partial charge is 0.339 e. The van der Waals surface area contributed by atoms with Crippen LogP contribution in [-0.2, 0) is 22.3 Å². The van der Waals surface area contributed by atoms with Crippen LogP contribution < -0.4 is 15.1 Å². The number of fused-ring (bicyclic) bond motifs is 1. The number of anilines is 2. The fourth-order valence-electron chi connectivity index (χ4n) is 6.86. The third-order valence-electron chi connectivity index (χ3n) is 9.59. The van der Waals surface area contributed by atoms with E-state index < -0.39 is 7.60 Å². The van der Waals surface area contributed by atoms with Crippen molar-refractivity contribution < 1.29 is 23.9 Å².